The molecule has 0 amide bonds. The summed E-state index contributed by atoms with van der Waals surface area (Å²) >= 11 is 0. The van der Waals surface area contributed by atoms with Gasteiger partial charge in [-0.05, 0) is 35.2 Å². The minimum atomic E-state index is -0.327. The Kier molecular flexibility index (Phi) is 9.47. The Bertz CT molecular complexity index is 1120. The molecule has 6 nitrogen and oxygen atoms in total. The molecular weight excluding hydrogens is 421 g/mol. The van der Waals surface area contributed by atoms with Crippen LogP contribution in [-0.4, -0.2) is 23.3 Å². The van der Waals surface area contributed by atoms with Crippen molar-refractivity contribution in [3.8, 4) is 11.1 Å². The zero-order valence-electron chi connectivity index (χ0n) is 18.8. The molecule has 7 heteroatoms. The minimum Gasteiger partial charge on any atom is -0.394 e. The minimum absolute atomic E-state index is 0.0413. The summed E-state index contributed by atoms with van der Waals surface area (Å²) in [6, 6.07) is 21.0. The maximum absolute atomic E-state index is 13.1. The van der Waals surface area contributed by atoms with E-state index >= 15 is 0 Å². The van der Waals surface area contributed by atoms with Gasteiger partial charge in [-0.2, -0.15) is 0 Å². The molecule has 1 aliphatic rings. The predicted molar refractivity (Wildman–Crippen MR) is 126 cm³/mol. The topological polar surface area (TPSA) is 120 Å². The number of carbonyl (C=O) groups is 2. The molecule has 0 atom stereocenters. The highest BCUT2D eigenvalue weighted by Gasteiger charge is 2.30. The first-order valence-electron chi connectivity index (χ1n) is 10.6. The van der Waals surface area contributed by atoms with Gasteiger partial charge in [-0.1, -0.05) is 74.5 Å². The van der Waals surface area contributed by atoms with Gasteiger partial charge in [0.2, 0.25) is 11.6 Å². The van der Waals surface area contributed by atoms with Crippen LogP contribution in [0.1, 0.15) is 40.1 Å². The first-order valence-corrected chi connectivity index (χ1v) is 10.6. The fourth-order valence-corrected chi connectivity index (χ4v) is 3.41. The van der Waals surface area contributed by atoms with Gasteiger partial charge in [0.1, 0.15) is 17.2 Å². The second-order valence-electron chi connectivity index (χ2n) is 6.87. The SMILES string of the molecule is CC.NC1=C(NCCc2ccc(-c3ccc(F)cc3)cc2)C(=O)c2ccccc2C1=O.[NH3+]O. The molecule has 0 aliphatic heterocycles. The maximum atomic E-state index is 13.1. The number of nitrogens with two attached hydrogens (primary N) is 1. The zero-order valence-corrected chi connectivity index (χ0v) is 18.8. The quantitative estimate of drug-likeness (QED) is 0.443. The van der Waals surface area contributed by atoms with Crippen LogP contribution in [0.5, 0.6) is 0 Å². The average Bonchev–Trinajstić information content (AvgIpc) is 2.88. The van der Waals surface area contributed by atoms with Crippen molar-refractivity contribution in [2.45, 2.75) is 20.3 Å². The summed E-state index contributed by atoms with van der Waals surface area (Å²) in [5.41, 5.74) is 9.77. The Hall–Kier alpha value is -3.81. The summed E-state index contributed by atoms with van der Waals surface area (Å²) in [7, 11) is 0. The second kappa shape index (κ2) is 12.3. The van der Waals surface area contributed by atoms with Crippen molar-refractivity contribution in [3.63, 3.8) is 0 Å². The molecule has 0 radical (unpaired) electrons. The van der Waals surface area contributed by atoms with Gasteiger partial charge in [0.15, 0.2) is 0 Å². The normalized spacial score (nSPS) is 12.2. The molecule has 7 N–H and O–H groups in total. The predicted octanol–water partition coefficient (Wildman–Crippen LogP) is 3.52. The standard InChI is InChI=1S/C24H19FN2O2.C2H6.H4NO/c25-18-11-9-17(10-12-18)16-7-5-15(6-8-16)13-14-27-22-21(26)23(28)19-3-1-2-4-20(19)24(22)29;2*1-2/h1-12,27H,13-14,26H2;1-2H3;2H,1H3/q;;+1. The van der Waals surface area contributed by atoms with E-state index in [0.29, 0.717) is 24.1 Å². The van der Waals surface area contributed by atoms with E-state index in [9.17, 15) is 14.0 Å². The molecule has 33 heavy (non-hydrogen) atoms. The van der Waals surface area contributed by atoms with Gasteiger partial charge in [-0.15, -0.1) is 0 Å². The molecule has 1 aliphatic carbocycles. The van der Waals surface area contributed by atoms with Gasteiger partial charge >= 0.3 is 0 Å². The number of fused-ring (bicyclic) bond motifs is 1. The van der Waals surface area contributed by atoms with Crippen molar-refractivity contribution >= 4 is 11.6 Å². The van der Waals surface area contributed by atoms with E-state index in [1.165, 1.54) is 12.1 Å². The second-order valence-corrected chi connectivity index (χ2v) is 6.87. The molecule has 3 aromatic rings. The molecular formula is C26H29FN3O3+. The largest absolute Gasteiger partial charge is 0.394 e. The van der Waals surface area contributed by atoms with Crippen LogP contribution in [0.25, 0.3) is 11.1 Å². The van der Waals surface area contributed by atoms with E-state index in [1.54, 1.807) is 36.4 Å². The Balaban J connectivity index is 0.000000914. The van der Waals surface area contributed by atoms with Gasteiger partial charge in [0.05, 0.1) is 0 Å². The summed E-state index contributed by atoms with van der Waals surface area (Å²) in [4.78, 5) is 25.1. The average molecular weight is 451 g/mol. The lowest BCUT2D eigenvalue weighted by atomic mass is 9.90. The summed E-state index contributed by atoms with van der Waals surface area (Å²) in [6.45, 7) is 4.47. The molecule has 0 saturated carbocycles. The molecule has 0 heterocycles. The van der Waals surface area contributed by atoms with Gasteiger partial charge in [0.25, 0.3) is 0 Å². The van der Waals surface area contributed by atoms with E-state index in [4.69, 9.17) is 10.9 Å². The number of ketones is 2. The summed E-state index contributed by atoms with van der Waals surface area (Å²) in [6.07, 6.45) is 0.656. The number of halogens is 1. The van der Waals surface area contributed by atoms with Crippen LogP contribution in [0.2, 0.25) is 0 Å². The molecule has 0 unspecified atom stereocenters. The smallest absolute Gasteiger partial charge is 0.211 e. The van der Waals surface area contributed by atoms with E-state index in [1.807, 2.05) is 38.1 Å². The Morgan fingerprint density at radius 2 is 1.30 bits per heavy atom. The van der Waals surface area contributed by atoms with Crippen LogP contribution in [0.15, 0.2) is 84.2 Å². The highest BCUT2D eigenvalue weighted by atomic mass is 19.1. The monoisotopic (exact) mass is 450 g/mol. The van der Waals surface area contributed by atoms with E-state index < -0.39 is 0 Å². The van der Waals surface area contributed by atoms with Gasteiger partial charge < -0.3 is 11.1 Å². The first kappa shape index (κ1) is 25.5. The lowest BCUT2D eigenvalue weighted by Crippen LogP contribution is -2.42. The number of benzene rings is 3. The van der Waals surface area contributed by atoms with Crippen molar-refractivity contribution in [1.82, 2.24) is 5.32 Å². The molecule has 4 rings (SSSR count). The van der Waals surface area contributed by atoms with Crippen molar-refractivity contribution in [2.75, 3.05) is 6.54 Å². The number of quaternary nitrogens is 1. The molecule has 3 aromatic carbocycles. The van der Waals surface area contributed by atoms with Crippen LogP contribution in [0.4, 0.5) is 4.39 Å². The first-order chi connectivity index (χ1) is 16.0. The van der Waals surface area contributed by atoms with Crippen LogP contribution in [0.3, 0.4) is 0 Å². The summed E-state index contributed by atoms with van der Waals surface area (Å²) in [5.74, 6) is 1.40. The third kappa shape index (κ3) is 5.91. The number of hydrogen-bond donors (Lipinski definition) is 4. The summed E-state index contributed by atoms with van der Waals surface area (Å²) < 4.78 is 13.1. The van der Waals surface area contributed by atoms with Crippen molar-refractivity contribution < 1.29 is 25.1 Å². The third-order valence-corrected chi connectivity index (χ3v) is 5.00. The highest BCUT2D eigenvalue weighted by Crippen LogP contribution is 2.23. The Morgan fingerprint density at radius 1 is 0.818 bits per heavy atom. The van der Waals surface area contributed by atoms with E-state index in [-0.39, 0.29) is 28.8 Å². The van der Waals surface area contributed by atoms with E-state index in [0.717, 1.165) is 16.7 Å². The van der Waals surface area contributed by atoms with Crippen molar-refractivity contribution in [3.05, 3.63) is 107 Å². The highest BCUT2D eigenvalue weighted by molar-refractivity contribution is 6.26. The molecule has 172 valence electrons. The Labute approximate surface area is 192 Å². The van der Waals surface area contributed by atoms with Crippen molar-refractivity contribution in [2.24, 2.45) is 5.73 Å². The fraction of sp³-hybridized carbons (Fsp3) is 0.154. The number of carbonyl (C=O) groups excluding carboxylic acids is 2. The third-order valence-electron chi connectivity index (χ3n) is 5.00. The molecule has 0 spiro atoms. The van der Waals surface area contributed by atoms with Crippen LogP contribution < -0.4 is 16.9 Å². The van der Waals surface area contributed by atoms with Gasteiger partial charge in [-0.3, -0.25) is 9.59 Å². The maximum Gasteiger partial charge on any atom is 0.211 e. The molecule has 0 saturated heterocycles. The van der Waals surface area contributed by atoms with E-state index in [2.05, 4.69) is 11.2 Å². The van der Waals surface area contributed by atoms with Gasteiger partial charge in [0, 0.05) is 17.7 Å². The lowest BCUT2D eigenvalue weighted by Gasteiger charge is -2.19. The number of hydrogen-bond acceptors (Lipinski definition) is 5. The van der Waals surface area contributed by atoms with Crippen LogP contribution in [-0.2, 0) is 6.42 Å². The zero-order chi connectivity index (χ0) is 24.4. The fourth-order valence-electron chi connectivity index (χ4n) is 3.41. The molecule has 0 fully saturated rings. The lowest BCUT2D eigenvalue weighted by molar-refractivity contribution is -0.670. The Morgan fingerprint density at radius 3 is 1.85 bits per heavy atom. The van der Waals surface area contributed by atoms with Crippen LogP contribution in [0, 0.1) is 5.82 Å². The van der Waals surface area contributed by atoms with Crippen LogP contribution >= 0.6 is 0 Å². The van der Waals surface area contributed by atoms with Gasteiger partial charge in [-0.25, -0.2) is 15.5 Å². The molecule has 0 aromatic heterocycles. The number of Topliss-reactive ketones (excluding diaryl/α,β-unsaturated/α-hetero) is 2. The van der Waals surface area contributed by atoms with Crippen molar-refractivity contribution in [1.29, 1.82) is 0 Å². The number of nitrogens with one attached hydrogen (secondary N) is 1. The summed E-state index contributed by atoms with van der Waals surface area (Å²) in [5, 5.41) is 9.79. The number of rotatable bonds is 5. The number of allylic oxidation sites excluding steroid dienone is 2. The molecule has 0 bridgehead atoms.